The van der Waals surface area contributed by atoms with Crippen molar-refractivity contribution < 1.29 is 5.11 Å². The normalized spacial score (nSPS) is 10.9. The molecule has 1 N–H and O–H groups in total. The lowest BCUT2D eigenvalue weighted by Gasteiger charge is -2.04. The van der Waals surface area contributed by atoms with Crippen molar-refractivity contribution >= 4 is 34.1 Å². The van der Waals surface area contributed by atoms with Gasteiger partial charge in [0.05, 0.1) is 0 Å². The van der Waals surface area contributed by atoms with Crippen molar-refractivity contribution in [2.45, 2.75) is 18.2 Å². The molecule has 1 aromatic heterocycles. The maximum absolute atomic E-state index is 9.67. The molecule has 0 bridgehead atoms. The fourth-order valence-electron chi connectivity index (χ4n) is 1.50. The number of phenols is 1. The van der Waals surface area contributed by atoms with Crippen LogP contribution in [0.2, 0.25) is 0 Å². The molecule has 2 rings (SSSR count). The molecule has 2 aromatic rings. The van der Waals surface area contributed by atoms with Crippen LogP contribution in [-0.2, 0) is 6.42 Å². The number of aryl methyl sites for hydroxylation is 1. The van der Waals surface area contributed by atoms with E-state index in [2.05, 4.69) is 12.6 Å². The molecule has 1 heterocycles. The molecule has 0 spiro atoms. The molecule has 0 saturated carbocycles. The smallest absolute Gasteiger partial charge is 0.121 e. The Kier molecular flexibility index (Phi) is 2.22. The number of hydrogen-bond donors (Lipinski definition) is 2. The zero-order chi connectivity index (χ0) is 9.42. The highest BCUT2D eigenvalue weighted by molar-refractivity contribution is 7.80. The van der Waals surface area contributed by atoms with Gasteiger partial charge in [-0.2, -0.15) is 0 Å². The molecule has 1 aromatic carbocycles. The van der Waals surface area contributed by atoms with Crippen LogP contribution in [0.15, 0.2) is 22.4 Å². The Balaban J connectivity index is 2.88. The second-order valence-corrected chi connectivity index (χ2v) is 4.31. The number of thiol groups is 1. The standard InChI is InChI=1S/C10H10OS2/c1-2-6-8(11)5-9(12)7-3-4-13-10(6)7/h3-5,11-12H,2H2,1H3. The largest absolute Gasteiger partial charge is 0.508 e. The third-order valence-corrected chi connectivity index (χ3v) is 3.50. The molecule has 0 fully saturated rings. The summed E-state index contributed by atoms with van der Waals surface area (Å²) < 4.78 is 1.16. The molecule has 68 valence electrons. The third kappa shape index (κ3) is 1.32. The first kappa shape index (κ1) is 8.91. The molecule has 1 nitrogen and oxygen atoms in total. The second kappa shape index (κ2) is 3.24. The number of aromatic hydroxyl groups is 1. The summed E-state index contributed by atoms with van der Waals surface area (Å²) >= 11 is 5.98. The van der Waals surface area contributed by atoms with Crippen molar-refractivity contribution in [3.05, 3.63) is 23.1 Å². The number of benzene rings is 1. The average molecular weight is 210 g/mol. The van der Waals surface area contributed by atoms with Crippen LogP contribution >= 0.6 is 24.0 Å². The number of rotatable bonds is 1. The molecule has 13 heavy (non-hydrogen) atoms. The summed E-state index contributed by atoms with van der Waals surface area (Å²) in [6, 6.07) is 3.76. The molecular weight excluding hydrogens is 200 g/mol. The van der Waals surface area contributed by atoms with E-state index in [1.165, 1.54) is 0 Å². The van der Waals surface area contributed by atoms with Gasteiger partial charge in [0.25, 0.3) is 0 Å². The van der Waals surface area contributed by atoms with Gasteiger partial charge in [-0.15, -0.1) is 24.0 Å². The minimum atomic E-state index is 0.363. The Labute approximate surface area is 86.4 Å². The number of thiophene rings is 1. The van der Waals surface area contributed by atoms with Crippen LogP contribution in [0.4, 0.5) is 0 Å². The van der Waals surface area contributed by atoms with Crippen LogP contribution < -0.4 is 0 Å². The molecule has 3 heteroatoms. The van der Waals surface area contributed by atoms with Crippen LogP contribution in [0, 0.1) is 0 Å². The molecule has 0 radical (unpaired) electrons. The maximum atomic E-state index is 9.67. The number of hydrogen-bond acceptors (Lipinski definition) is 3. The summed E-state index contributed by atoms with van der Waals surface area (Å²) in [6.07, 6.45) is 0.858. The van der Waals surface area contributed by atoms with E-state index in [4.69, 9.17) is 0 Å². The van der Waals surface area contributed by atoms with Gasteiger partial charge in [0.15, 0.2) is 0 Å². The first-order valence-corrected chi connectivity index (χ1v) is 5.47. The van der Waals surface area contributed by atoms with Crippen LogP contribution in [0.1, 0.15) is 12.5 Å². The SMILES string of the molecule is CCc1c(O)cc(S)c2ccsc12. The Bertz CT molecular complexity index is 445. The van der Waals surface area contributed by atoms with Crippen molar-refractivity contribution in [2.24, 2.45) is 0 Å². The predicted octanol–water partition coefficient (Wildman–Crippen LogP) is 3.46. The quantitative estimate of drug-likeness (QED) is 0.691. The van der Waals surface area contributed by atoms with Crippen molar-refractivity contribution in [1.29, 1.82) is 0 Å². The molecular formula is C10H10OS2. The average Bonchev–Trinajstić information content (AvgIpc) is 2.53. The van der Waals surface area contributed by atoms with Gasteiger partial charge < -0.3 is 5.11 Å². The van der Waals surface area contributed by atoms with Gasteiger partial charge in [0.2, 0.25) is 0 Å². The fourth-order valence-corrected chi connectivity index (χ4v) is 2.92. The lowest BCUT2D eigenvalue weighted by atomic mass is 10.1. The van der Waals surface area contributed by atoms with Crippen molar-refractivity contribution in [3.8, 4) is 5.75 Å². The van der Waals surface area contributed by atoms with E-state index in [1.807, 2.05) is 18.4 Å². The van der Waals surface area contributed by atoms with E-state index >= 15 is 0 Å². The summed E-state index contributed by atoms with van der Waals surface area (Å²) in [5, 5.41) is 12.8. The number of fused-ring (bicyclic) bond motifs is 1. The van der Waals surface area contributed by atoms with E-state index in [0.29, 0.717) is 5.75 Å². The zero-order valence-electron chi connectivity index (χ0n) is 7.24. The summed E-state index contributed by atoms with van der Waals surface area (Å²) in [5.74, 6) is 0.363. The highest BCUT2D eigenvalue weighted by Gasteiger charge is 2.08. The topological polar surface area (TPSA) is 20.2 Å². The molecule has 0 amide bonds. The van der Waals surface area contributed by atoms with Gasteiger partial charge in [-0.1, -0.05) is 6.92 Å². The fraction of sp³-hybridized carbons (Fsp3) is 0.200. The first-order valence-electron chi connectivity index (χ1n) is 4.15. The van der Waals surface area contributed by atoms with Crippen molar-refractivity contribution in [2.75, 3.05) is 0 Å². The van der Waals surface area contributed by atoms with Crippen LogP contribution in [0.3, 0.4) is 0 Å². The van der Waals surface area contributed by atoms with E-state index in [1.54, 1.807) is 17.4 Å². The van der Waals surface area contributed by atoms with E-state index in [9.17, 15) is 5.11 Å². The van der Waals surface area contributed by atoms with Gasteiger partial charge in [0, 0.05) is 20.5 Å². The monoisotopic (exact) mass is 210 g/mol. The van der Waals surface area contributed by atoms with Crippen LogP contribution in [-0.4, -0.2) is 5.11 Å². The zero-order valence-corrected chi connectivity index (χ0v) is 8.95. The molecule has 0 aliphatic heterocycles. The summed E-state index contributed by atoms with van der Waals surface area (Å²) in [6.45, 7) is 2.05. The summed E-state index contributed by atoms with van der Waals surface area (Å²) in [7, 11) is 0. The highest BCUT2D eigenvalue weighted by atomic mass is 32.1. The van der Waals surface area contributed by atoms with E-state index in [0.717, 1.165) is 27.0 Å². The van der Waals surface area contributed by atoms with Gasteiger partial charge in [-0.3, -0.25) is 0 Å². The maximum Gasteiger partial charge on any atom is 0.121 e. The minimum Gasteiger partial charge on any atom is -0.508 e. The van der Waals surface area contributed by atoms with Crippen LogP contribution in [0.25, 0.3) is 10.1 Å². The van der Waals surface area contributed by atoms with E-state index < -0.39 is 0 Å². The minimum absolute atomic E-state index is 0.363. The summed E-state index contributed by atoms with van der Waals surface area (Å²) in [4.78, 5) is 0.853. The van der Waals surface area contributed by atoms with Crippen molar-refractivity contribution in [1.82, 2.24) is 0 Å². The first-order chi connectivity index (χ1) is 6.24. The van der Waals surface area contributed by atoms with Crippen molar-refractivity contribution in [3.63, 3.8) is 0 Å². The lowest BCUT2D eigenvalue weighted by Crippen LogP contribution is -1.82. The summed E-state index contributed by atoms with van der Waals surface area (Å²) in [5.41, 5.74) is 1.03. The lowest BCUT2D eigenvalue weighted by molar-refractivity contribution is 0.469. The molecule has 0 saturated heterocycles. The van der Waals surface area contributed by atoms with Gasteiger partial charge in [0.1, 0.15) is 5.75 Å². The Hall–Kier alpha value is -0.670. The molecule has 0 aliphatic rings. The third-order valence-electron chi connectivity index (χ3n) is 2.15. The Morgan fingerprint density at radius 2 is 2.31 bits per heavy atom. The van der Waals surface area contributed by atoms with Gasteiger partial charge in [-0.05, 0) is 23.9 Å². The number of phenolic OH excluding ortho intramolecular Hbond substituents is 1. The molecule has 0 aliphatic carbocycles. The van der Waals surface area contributed by atoms with E-state index in [-0.39, 0.29) is 0 Å². The van der Waals surface area contributed by atoms with Gasteiger partial charge >= 0.3 is 0 Å². The van der Waals surface area contributed by atoms with Gasteiger partial charge in [-0.25, -0.2) is 0 Å². The second-order valence-electron chi connectivity index (χ2n) is 2.91. The van der Waals surface area contributed by atoms with Crippen LogP contribution in [0.5, 0.6) is 5.75 Å². The Morgan fingerprint density at radius 3 is 3.00 bits per heavy atom. The molecule has 0 unspecified atom stereocenters. The molecule has 0 atom stereocenters. The predicted molar refractivity (Wildman–Crippen MR) is 60.1 cm³/mol. The Morgan fingerprint density at radius 1 is 1.54 bits per heavy atom. The highest BCUT2D eigenvalue weighted by Crippen LogP contribution is 2.35.